The van der Waals surface area contributed by atoms with Crippen LogP contribution in [0.5, 0.6) is 0 Å². The lowest BCUT2D eigenvalue weighted by molar-refractivity contribution is -0.167. The minimum Gasteiger partial charge on any atom is -0.462 e. The number of carbonyl (C=O) groups is 3. The first-order valence-electron chi connectivity index (χ1n) is 28.4. The maximum atomic E-state index is 12.8. The molecule has 0 aliphatic heterocycles. The van der Waals surface area contributed by atoms with Crippen molar-refractivity contribution in [3.63, 3.8) is 0 Å². The summed E-state index contributed by atoms with van der Waals surface area (Å²) in [6.07, 6.45) is 55.4. The first kappa shape index (κ1) is 61.4. The maximum absolute atomic E-state index is 12.8. The third-order valence-electron chi connectivity index (χ3n) is 13.0. The van der Waals surface area contributed by atoms with Crippen LogP contribution in [0.1, 0.15) is 323 Å². The Balaban J connectivity index is 4.21. The molecule has 0 saturated heterocycles. The second kappa shape index (κ2) is 51.4. The molecule has 0 radical (unpaired) electrons. The molecule has 1 atom stereocenters. The van der Waals surface area contributed by atoms with E-state index in [1.54, 1.807) is 0 Å². The lowest BCUT2D eigenvalue weighted by Crippen LogP contribution is -2.30. The van der Waals surface area contributed by atoms with Gasteiger partial charge >= 0.3 is 17.9 Å². The van der Waals surface area contributed by atoms with E-state index in [4.69, 9.17) is 14.2 Å². The van der Waals surface area contributed by atoms with E-state index in [-0.39, 0.29) is 31.1 Å². The van der Waals surface area contributed by atoms with Crippen molar-refractivity contribution in [3.05, 3.63) is 0 Å². The van der Waals surface area contributed by atoms with Gasteiger partial charge in [0.05, 0.1) is 0 Å². The summed E-state index contributed by atoms with van der Waals surface area (Å²) in [6, 6.07) is 0. The van der Waals surface area contributed by atoms with Crippen molar-refractivity contribution < 1.29 is 28.6 Å². The van der Waals surface area contributed by atoms with Crippen LogP contribution in [0, 0.1) is 5.92 Å². The highest BCUT2D eigenvalue weighted by Gasteiger charge is 2.19. The number of rotatable bonds is 52. The van der Waals surface area contributed by atoms with Crippen molar-refractivity contribution in [2.24, 2.45) is 5.92 Å². The molecule has 0 aromatic heterocycles. The summed E-state index contributed by atoms with van der Waals surface area (Å²) in [7, 11) is 0. The SMILES string of the molecule is CCCCCCCCCCCCCCCCCCCCC(=O)OC[C@H](COC(=O)CCCCCCCCC(C)C)OC(=O)CCCCCCCCCCCCCCCCCCCC. The Kier molecular flexibility index (Phi) is 50.1. The zero-order valence-corrected chi connectivity index (χ0v) is 43.0. The van der Waals surface area contributed by atoms with Crippen LogP contribution in [0.15, 0.2) is 0 Å². The van der Waals surface area contributed by atoms with E-state index in [1.807, 2.05) is 0 Å². The number of hydrogen-bond acceptors (Lipinski definition) is 6. The Hall–Kier alpha value is -1.59. The molecule has 374 valence electrons. The second-order valence-electron chi connectivity index (χ2n) is 20.1. The molecule has 0 N–H and O–H groups in total. The maximum Gasteiger partial charge on any atom is 0.306 e. The third kappa shape index (κ3) is 51.3. The van der Waals surface area contributed by atoms with E-state index in [0.717, 1.165) is 63.7 Å². The Morgan fingerprint density at radius 1 is 0.302 bits per heavy atom. The standard InChI is InChI=1S/C57H110O6/c1-5-7-9-11-13-15-17-19-21-23-25-27-29-31-33-35-40-44-48-55(58)61-51-54(52-62-56(59)49-45-41-38-37-39-43-47-53(3)4)63-57(60)50-46-42-36-34-32-30-28-26-24-22-20-18-16-14-12-10-8-6-2/h53-54H,5-52H2,1-4H3/t54-/m1/s1. The Bertz CT molecular complexity index is 949. The lowest BCUT2D eigenvalue weighted by atomic mass is 10.0. The Labute approximate surface area is 393 Å². The summed E-state index contributed by atoms with van der Waals surface area (Å²) in [5.41, 5.74) is 0. The van der Waals surface area contributed by atoms with E-state index in [0.29, 0.717) is 19.3 Å². The van der Waals surface area contributed by atoms with E-state index in [9.17, 15) is 14.4 Å². The summed E-state index contributed by atoms with van der Waals surface area (Å²) >= 11 is 0. The fourth-order valence-corrected chi connectivity index (χ4v) is 8.75. The molecular formula is C57H110O6. The Morgan fingerprint density at radius 2 is 0.524 bits per heavy atom. The minimum atomic E-state index is -0.762. The smallest absolute Gasteiger partial charge is 0.306 e. The predicted molar refractivity (Wildman–Crippen MR) is 270 cm³/mol. The molecule has 0 unspecified atom stereocenters. The van der Waals surface area contributed by atoms with Gasteiger partial charge in [0, 0.05) is 19.3 Å². The third-order valence-corrected chi connectivity index (χ3v) is 13.0. The molecule has 0 aliphatic rings. The molecule has 0 saturated carbocycles. The Morgan fingerprint density at radius 3 is 0.778 bits per heavy atom. The minimum absolute atomic E-state index is 0.0631. The van der Waals surface area contributed by atoms with Crippen LogP contribution < -0.4 is 0 Å². The van der Waals surface area contributed by atoms with Crippen molar-refractivity contribution >= 4 is 17.9 Å². The molecule has 0 aromatic carbocycles. The molecule has 63 heavy (non-hydrogen) atoms. The van der Waals surface area contributed by atoms with Crippen molar-refractivity contribution in [2.75, 3.05) is 13.2 Å². The zero-order valence-electron chi connectivity index (χ0n) is 43.0. The molecule has 0 bridgehead atoms. The van der Waals surface area contributed by atoms with Gasteiger partial charge in [0.15, 0.2) is 6.10 Å². The van der Waals surface area contributed by atoms with Crippen molar-refractivity contribution in [1.29, 1.82) is 0 Å². The quantitative estimate of drug-likeness (QED) is 0.0344. The van der Waals surface area contributed by atoms with Gasteiger partial charge < -0.3 is 14.2 Å². The van der Waals surface area contributed by atoms with Gasteiger partial charge in [-0.2, -0.15) is 0 Å². The molecule has 6 heteroatoms. The summed E-state index contributed by atoms with van der Waals surface area (Å²) < 4.78 is 16.8. The molecular weight excluding hydrogens is 781 g/mol. The van der Waals surface area contributed by atoms with E-state index >= 15 is 0 Å². The number of hydrogen-bond donors (Lipinski definition) is 0. The second-order valence-corrected chi connectivity index (χ2v) is 20.1. The molecule has 0 aliphatic carbocycles. The number of esters is 3. The van der Waals surface area contributed by atoms with E-state index < -0.39 is 6.10 Å². The number of unbranched alkanes of at least 4 members (excludes halogenated alkanes) is 39. The van der Waals surface area contributed by atoms with Gasteiger partial charge in [0.2, 0.25) is 0 Å². The average Bonchev–Trinajstić information content (AvgIpc) is 3.27. The van der Waals surface area contributed by atoms with Crippen LogP contribution in [-0.4, -0.2) is 37.2 Å². The summed E-state index contributed by atoms with van der Waals surface area (Å²) in [5.74, 6) is -0.0804. The van der Waals surface area contributed by atoms with Gasteiger partial charge in [-0.3, -0.25) is 14.4 Å². The fraction of sp³-hybridized carbons (Fsp3) is 0.947. The van der Waals surface area contributed by atoms with Crippen molar-refractivity contribution in [2.45, 2.75) is 329 Å². The van der Waals surface area contributed by atoms with Gasteiger partial charge in [0.1, 0.15) is 13.2 Å². The van der Waals surface area contributed by atoms with Gasteiger partial charge in [-0.1, -0.05) is 285 Å². The van der Waals surface area contributed by atoms with E-state index in [1.165, 1.54) is 218 Å². The highest BCUT2D eigenvalue weighted by atomic mass is 16.6. The highest BCUT2D eigenvalue weighted by Crippen LogP contribution is 2.18. The molecule has 0 spiro atoms. The largest absolute Gasteiger partial charge is 0.462 e. The summed E-state index contributed by atoms with van der Waals surface area (Å²) in [4.78, 5) is 38.0. The van der Waals surface area contributed by atoms with Gasteiger partial charge in [-0.15, -0.1) is 0 Å². The predicted octanol–water partition coefficient (Wildman–Crippen LogP) is 18.6. The zero-order chi connectivity index (χ0) is 45.9. The van der Waals surface area contributed by atoms with Crippen molar-refractivity contribution in [1.82, 2.24) is 0 Å². The van der Waals surface area contributed by atoms with E-state index in [2.05, 4.69) is 27.7 Å². The normalized spacial score (nSPS) is 12.0. The average molecular weight is 892 g/mol. The number of ether oxygens (including phenoxy) is 3. The monoisotopic (exact) mass is 891 g/mol. The molecule has 0 rings (SSSR count). The molecule has 0 heterocycles. The highest BCUT2D eigenvalue weighted by molar-refractivity contribution is 5.71. The van der Waals surface area contributed by atoms with Gasteiger partial charge in [-0.05, 0) is 25.2 Å². The molecule has 0 aromatic rings. The number of carbonyl (C=O) groups excluding carboxylic acids is 3. The van der Waals surface area contributed by atoms with Crippen LogP contribution in [0.2, 0.25) is 0 Å². The van der Waals surface area contributed by atoms with Gasteiger partial charge in [-0.25, -0.2) is 0 Å². The van der Waals surface area contributed by atoms with Crippen LogP contribution >= 0.6 is 0 Å². The molecule has 0 fully saturated rings. The summed E-state index contributed by atoms with van der Waals surface area (Å²) in [5, 5.41) is 0. The fourth-order valence-electron chi connectivity index (χ4n) is 8.75. The summed E-state index contributed by atoms with van der Waals surface area (Å²) in [6.45, 7) is 8.98. The first-order chi connectivity index (χ1) is 30.9. The topological polar surface area (TPSA) is 78.9 Å². The van der Waals surface area contributed by atoms with Crippen LogP contribution in [-0.2, 0) is 28.6 Å². The molecule has 6 nitrogen and oxygen atoms in total. The van der Waals surface area contributed by atoms with Crippen LogP contribution in [0.3, 0.4) is 0 Å². The first-order valence-corrected chi connectivity index (χ1v) is 28.4. The van der Waals surface area contributed by atoms with Crippen molar-refractivity contribution in [3.8, 4) is 0 Å². The lowest BCUT2D eigenvalue weighted by Gasteiger charge is -2.18. The van der Waals surface area contributed by atoms with Crippen LogP contribution in [0.25, 0.3) is 0 Å². The van der Waals surface area contributed by atoms with Gasteiger partial charge in [0.25, 0.3) is 0 Å². The van der Waals surface area contributed by atoms with Crippen LogP contribution in [0.4, 0.5) is 0 Å². The molecule has 0 amide bonds.